The van der Waals surface area contributed by atoms with E-state index >= 15 is 0 Å². The molecule has 4 unspecified atom stereocenters. The number of pyridine rings is 1. The quantitative estimate of drug-likeness (QED) is 0.290. The smallest absolute Gasteiger partial charge is 0.0646 e. The summed E-state index contributed by atoms with van der Waals surface area (Å²) < 4.78 is 1.27. The van der Waals surface area contributed by atoms with Gasteiger partial charge in [-0.2, -0.15) is 0 Å². The summed E-state index contributed by atoms with van der Waals surface area (Å²) in [7, 11) is 0. The van der Waals surface area contributed by atoms with Gasteiger partial charge in [0.05, 0.1) is 12.2 Å². The average Bonchev–Trinajstić information content (AvgIpc) is 3.30. The maximum Gasteiger partial charge on any atom is 0.0646 e. The van der Waals surface area contributed by atoms with Gasteiger partial charge in [-0.05, 0) is 57.1 Å². The van der Waals surface area contributed by atoms with Crippen molar-refractivity contribution in [1.29, 1.82) is 0 Å². The number of fused-ring (bicyclic) bond motifs is 2. The van der Waals surface area contributed by atoms with Crippen molar-refractivity contribution in [2.24, 2.45) is 22.7 Å². The van der Waals surface area contributed by atoms with Crippen LogP contribution in [0.3, 0.4) is 0 Å². The van der Waals surface area contributed by atoms with E-state index in [2.05, 4.69) is 82.9 Å². The van der Waals surface area contributed by atoms with Crippen LogP contribution in [0.25, 0.3) is 20.7 Å². The van der Waals surface area contributed by atoms with Crippen molar-refractivity contribution >= 4 is 21.4 Å². The Morgan fingerprint density at radius 1 is 1.00 bits per heavy atom. The molecule has 2 aromatic heterocycles. The number of aromatic nitrogens is 1. The van der Waals surface area contributed by atoms with Crippen LogP contribution in [0.5, 0.6) is 0 Å². The minimum Gasteiger partial charge on any atom is -0.392 e. The standard InChI is InChI=1S/C16H14NS.C13H24O2.Ir/c1-11(2)13-7-8-14(17-10-13)16-9-12-5-3-4-6-15(12)18-16;1-12(2)6-5-8-7-13(3,4)11(15)9(8)10(12)14;/h3-8,10-11H,1-2H3;8-11,14-15H,5-7H2,1-4H3;/q-1;;. The number of aliphatic hydroxyl groups excluding tert-OH is 2. The molecule has 0 saturated heterocycles. The number of nitrogens with zero attached hydrogens (tertiary/aromatic N) is 1. The predicted octanol–water partition coefficient (Wildman–Crippen LogP) is 7.07. The Morgan fingerprint density at radius 3 is 2.29 bits per heavy atom. The van der Waals surface area contributed by atoms with Crippen LogP contribution in [0.4, 0.5) is 0 Å². The van der Waals surface area contributed by atoms with Gasteiger partial charge in [0.1, 0.15) is 0 Å². The molecular formula is C29H38IrNO2S-. The molecule has 5 rings (SSSR count). The van der Waals surface area contributed by atoms with Crippen LogP contribution in [0.2, 0.25) is 0 Å². The normalized spacial score (nSPS) is 27.0. The van der Waals surface area contributed by atoms with E-state index in [4.69, 9.17) is 0 Å². The second-order valence-corrected chi connectivity index (χ2v) is 12.7. The molecule has 2 fully saturated rings. The van der Waals surface area contributed by atoms with E-state index < -0.39 is 0 Å². The molecule has 1 aromatic carbocycles. The molecule has 0 aliphatic heterocycles. The van der Waals surface area contributed by atoms with Crippen molar-refractivity contribution in [3.8, 4) is 10.6 Å². The number of rotatable bonds is 2. The summed E-state index contributed by atoms with van der Waals surface area (Å²) in [6, 6.07) is 16.0. The summed E-state index contributed by atoms with van der Waals surface area (Å²) in [6.45, 7) is 12.8. The van der Waals surface area contributed by atoms with E-state index in [9.17, 15) is 10.2 Å². The predicted molar refractivity (Wildman–Crippen MR) is 138 cm³/mol. The summed E-state index contributed by atoms with van der Waals surface area (Å²) in [5, 5.41) is 21.8. The average molecular weight is 657 g/mol. The number of hydrogen-bond donors (Lipinski definition) is 2. The Balaban J connectivity index is 0.000000188. The maximum absolute atomic E-state index is 10.3. The zero-order valence-electron chi connectivity index (χ0n) is 21.1. The van der Waals surface area contributed by atoms with Crippen molar-refractivity contribution in [1.82, 2.24) is 4.98 Å². The van der Waals surface area contributed by atoms with Crippen molar-refractivity contribution in [2.75, 3.05) is 0 Å². The molecule has 0 bridgehead atoms. The molecule has 2 saturated carbocycles. The van der Waals surface area contributed by atoms with Gasteiger partial charge in [0.25, 0.3) is 0 Å². The number of aliphatic hydroxyl groups is 2. The van der Waals surface area contributed by atoms with Crippen LogP contribution in [-0.4, -0.2) is 27.4 Å². The minimum atomic E-state index is -0.340. The van der Waals surface area contributed by atoms with Crippen LogP contribution in [0.15, 0.2) is 42.6 Å². The first kappa shape index (κ1) is 27.5. The Kier molecular flexibility index (Phi) is 8.48. The molecule has 0 spiro atoms. The van der Waals surface area contributed by atoms with Crippen LogP contribution in [0.1, 0.15) is 72.3 Å². The maximum atomic E-state index is 10.3. The van der Waals surface area contributed by atoms with Gasteiger partial charge >= 0.3 is 0 Å². The molecule has 5 heteroatoms. The largest absolute Gasteiger partial charge is 0.392 e. The van der Waals surface area contributed by atoms with Crippen LogP contribution < -0.4 is 0 Å². The zero-order valence-corrected chi connectivity index (χ0v) is 24.3. The van der Waals surface area contributed by atoms with Crippen LogP contribution in [-0.2, 0) is 20.1 Å². The molecule has 2 aliphatic carbocycles. The van der Waals surface area contributed by atoms with Crippen molar-refractivity contribution in [2.45, 2.75) is 78.9 Å². The van der Waals surface area contributed by atoms with Crippen LogP contribution in [0, 0.1) is 28.7 Å². The Bertz CT molecular complexity index is 1050. The molecule has 3 aromatic rings. The molecule has 1 radical (unpaired) electrons. The van der Waals surface area contributed by atoms with Gasteiger partial charge in [0.15, 0.2) is 0 Å². The van der Waals surface area contributed by atoms with Gasteiger partial charge in [-0.3, -0.25) is 0 Å². The first-order valence-electron chi connectivity index (χ1n) is 12.2. The minimum absolute atomic E-state index is 0. The number of hydrogen-bond acceptors (Lipinski definition) is 4. The van der Waals surface area contributed by atoms with Gasteiger partial charge in [-0.1, -0.05) is 65.8 Å². The first-order chi connectivity index (χ1) is 15.5. The van der Waals surface area contributed by atoms with E-state index in [-0.39, 0.29) is 49.1 Å². The third-order valence-electron chi connectivity index (χ3n) is 7.86. The Hall–Kier alpha value is -1.10. The van der Waals surface area contributed by atoms with Gasteiger partial charge in [0.2, 0.25) is 0 Å². The van der Waals surface area contributed by atoms with E-state index in [0.29, 0.717) is 11.8 Å². The second-order valence-electron chi connectivity index (χ2n) is 11.6. The summed E-state index contributed by atoms with van der Waals surface area (Å²) in [5.41, 5.74) is 2.25. The molecular weight excluding hydrogens is 619 g/mol. The fraction of sp³-hybridized carbons (Fsp3) is 0.552. The fourth-order valence-electron chi connectivity index (χ4n) is 5.58. The molecule has 2 aliphatic rings. The van der Waals surface area contributed by atoms with Crippen molar-refractivity contribution < 1.29 is 30.3 Å². The summed E-state index contributed by atoms with van der Waals surface area (Å²) in [5.74, 6) is 1.15. The molecule has 3 nitrogen and oxygen atoms in total. The Morgan fingerprint density at radius 2 is 1.68 bits per heavy atom. The molecule has 34 heavy (non-hydrogen) atoms. The monoisotopic (exact) mass is 657 g/mol. The van der Waals surface area contributed by atoms with Gasteiger partial charge in [0, 0.05) is 37.9 Å². The van der Waals surface area contributed by atoms with E-state index in [1.54, 1.807) is 11.3 Å². The van der Waals surface area contributed by atoms with Crippen molar-refractivity contribution in [3.05, 3.63) is 54.2 Å². The van der Waals surface area contributed by atoms with Gasteiger partial charge in [-0.15, -0.1) is 23.6 Å². The zero-order chi connectivity index (χ0) is 24.0. The van der Waals surface area contributed by atoms with E-state index in [0.717, 1.165) is 29.8 Å². The SMILES string of the molecule is CC(C)c1ccc(-c2[c-]c3ccccc3s2)nc1.CC1(C)CCC2CC(C)(C)C(O)C2C1O.[Ir]. The topological polar surface area (TPSA) is 53.4 Å². The van der Waals surface area contributed by atoms with E-state index in [1.807, 2.05) is 12.3 Å². The third kappa shape index (κ3) is 5.50. The molecule has 4 atom stereocenters. The molecule has 2 N–H and O–H groups in total. The second kappa shape index (κ2) is 10.5. The van der Waals surface area contributed by atoms with Crippen LogP contribution >= 0.6 is 11.3 Å². The first-order valence-corrected chi connectivity index (χ1v) is 13.0. The fourth-order valence-corrected chi connectivity index (χ4v) is 6.56. The molecule has 0 amide bonds. The summed E-state index contributed by atoms with van der Waals surface area (Å²) in [6.07, 6.45) is 4.60. The Labute approximate surface area is 222 Å². The number of benzene rings is 1. The summed E-state index contributed by atoms with van der Waals surface area (Å²) in [4.78, 5) is 5.66. The molecule has 187 valence electrons. The summed E-state index contributed by atoms with van der Waals surface area (Å²) >= 11 is 1.75. The number of thiophene rings is 1. The third-order valence-corrected chi connectivity index (χ3v) is 8.95. The van der Waals surface area contributed by atoms with Gasteiger partial charge < -0.3 is 15.2 Å². The van der Waals surface area contributed by atoms with Crippen molar-refractivity contribution in [3.63, 3.8) is 0 Å². The molecule has 2 heterocycles. The van der Waals surface area contributed by atoms with E-state index in [1.165, 1.54) is 15.6 Å². The van der Waals surface area contributed by atoms with Gasteiger partial charge in [-0.25, -0.2) is 11.3 Å².